The summed E-state index contributed by atoms with van der Waals surface area (Å²) in [7, 11) is 2.42. The largest absolute Gasteiger partial charge is 0.465 e. The minimum Gasteiger partial charge on any atom is -0.465 e. The number of furan rings is 1. The second-order valence-corrected chi connectivity index (χ2v) is 9.78. The summed E-state index contributed by atoms with van der Waals surface area (Å²) < 4.78 is 22.9. The van der Waals surface area contributed by atoms with Crippen molar-refractivity contribution in [3.05, 3.63) is 41.6 Å². The van der Waals surface area contributed by atoms with Gasteiger partial charge in [-0.05, 0) is 47.6 Å². The second kappa shape index (κ2) is 8.89. The Bertz CT molecular complexity index is 1250. The van der Waals surface area contributed by atoms with Crippen LogP contribution in [0.25, 0.3) is 22.2 Å². The maximum Gasteiger partial charge on any atom is 0.419 e. The molecule has 0 atom stereocenters. The van der Waals surface area contributed by atoms with Crippen molar-refractivity contribution in [3.8, 4) is 11.3 Å². The number of hydrogen-bond donors (Lipinski definition) is 1. The Kier molecular flexibility index (Phi) is 6.50. The van der Waals surface area contributed by atoms with Crippen molar-refractivity contribution < 1.29 is 33.0 Å². The van der Waals surface area contributed by atoms with E-state index in [2.05, 4.69) is 5.32 Å². The lowest BCUT2D eigenvalue weighted by Crippen LogP contribution is -2.27. The van der Waals surface area contributed by atoms with E-state index in [1.54, 1.807) is 45.0 Å². The minimum atomic E-state index is -0.782. The number of carbonyl (C=O) groups is 3. The van der Waals surface area contributed by atoms with Gasteiger partial charge in [0, 0.05) is 22.7 Å². The van der Waals surface area contributed by atoms with E-state index in [4.69, 9.17) is 18.6 Å². The van der Waals surface area contributed by atoms with Crippen LogP contribution in [0, 0.1) is 0 Å². The number of anilines is 1. The van der Waals surface area contributed by atoms with Crippen molar-refractivity contribution in [3.63, 3.8) is 0 Å². The molecule has 0 unspecified atom stereocenters. The highest BCUT2D eigenvalue weighted by atomic mass is 16.6. The number of ether oxygens (including phenoxy) is 3. The highest BCUT2D eigenvalue weighted by molar-refractivity contribution is 6.12. The molecule has 182 valence electrons. The zero-order valence-electron chi connectivity index (χ0n) is 20.7. The van der Waals surface area contributed by atoms with Crippen LogP contribution in [0.2, 0.25) is 0 Å². The molecule has 1 aromatic carbocycles. The normalized spacial score (nSPS) is 11.9. The van der Waals surface area contributed by atoms with Crippen molar-refractivity contribution in [2.24, 2.45) is 0 Å². The number of para-hydroxylation sites is 1. The van der Waals surface area contributed by atoms with E-state index in [1.165, 1.54) is 25.0 Å². The van der Waals surface area contributed by atoms with Gasteiger partial charge in [0.15, 0.2) is 5.76 Å². The predicted molar refractivity (Wildman–Crippen MR) is 127 cm³/mol. The van der Waals surface area contributed by atoms with Gasteiger partial charge in [0.2, 0.25) is 5.88 Å². The summed E-state index contributed by atoms with van der Waals surface area (Å²) >= 11 is 0. The maximum atomic E-state index is 12.9. The predicted octanol–water partition coefficient (Wildman–Crippen LogP) is 5.47. The molecule has 0 fully saturated rings. The molecule has 0 aliphatic rings. The van der Waals surface area contributed by atoms with E-state index in [9.17, 15) is 14.4 Å². The van der Waals surface area contributed by atoms with Crippen molar-refractivity contribution >= 4 is 34.8 Å². The number of aromatic nitrogens is 1. The smallest absolute Gasteiger partial charge is 0.419 e. The number of methoxy groups -OCH3 is 2. The van der Waals surface area contributed by atoms with Gasteiger partial charge in [-0.15, -0.1) is 0 Å². The number of hydrogen-bond acceptors (Lipinski definition) is 8. The van der Waals surface area contributed by atoms with E-state index in [0.717, 1.165) is 0 Å². The molecule has 1 N–H and O–H groups in total. The number of rotatable bonds is 4. The summed E-state index contributed by atoms with van der Waals surface area (Å²) in [4.78, 5) is 38.5. The zero-order chi connectivity index (χ0) is 25.4. The number of esters is 2. The first kappa shape index (κ1) is 24.9. The van der Waals surface area contributed by atoms with Gasteiger partial charge in [0.1, 0.15) is 16.7 Å². The lowest BCUT2D eigenvalue weighted by Gasteiger charge is -2.20. The monoisotopic (exact) mass is 470 g/mol. The first-order valence-electron chi connectivity index (χ1n) is 10.7. The Hall–Kier alpha value is -3.75. The molecule has 0 aliphatic heterocycles. The van der Waals surface area contributed by atoms with Crippen molar-refractivity contribution in [2.75, 3.05) is 19.5 Å². The van der Waals surface area contributed by atoms with Crippen LogP contribution in [0.3, 0.4) is 0 Å². The van der Waals surface area contributed by atoms with Crippen LogP contribution in [0.15, 0.2) is 34.9 Å². The van der Waals surface area contributed by atoms with Crippen LogP contribution in [0.4, 0.5) is 10.7 Å². The quantitative estimate of drug-likeness (QED) is 0.395. The van der Waals surface area contributed by atoms with E-state index < -0.39 is 29.2 Å². The van der Waals surface area contributed by atoms with E-state index in [0.29, 0.717) is 16.5 Å². The van der Waals surface area contributed by atoms with Crippen LogP contribution >= 0.6 is 0 Å². The van der Waals surface area contributed by atoms with Crippen LogP contribution < -0.4 is 5.32 Å². The summed E-state index contributed by atoms with van der Waals surface area (Å²) in [6.07, 6.45) is 0.925. The fourth-order valence-electron chi connectivity index (χ4n) is 3.47. The third-order valence-corrected chi connectivity index (χ3v) is 4.72. The van der Waals surface area contributed by atoms with Gasteiger partial charge in [-0.3, -0.25) is 4.57 Å². The highest BCUT2D eigenvalue weighted by Crippen LogP contribution is 2.40. The first-order chi connectivity index (χ1) is 15.8. The molecule has 34 heavy (non-hydrogen) atoms. The van der Waals surface area contributed by atoms with Gasteiger partial charge < -0.3 is 23.9 Å². The molecule has 0 spiro atoms. The zero-order valence-corrected chi connectivity index (χ0v) is 20.7. The summed E-state index contributed by atoms with van der Waals surface area (Å²) in [5.41, 5.74) is -0.457. The molecular weight excluding hydrogens is 440 g/mol. The standard InChI is InChI=1S/C25H30N2O7/c1-24(2,3)26-20-18(22(29)32-8)17(21(28)31-7)19(33-20)15-13-27(23(30)34-25(4,5)6)16-12-10-9-11-14(15)16/h9-13,26H,1-8H3. The molecule has 9 nitrogen and oxygen atoms in total. The molecule has 3 rings (SSSR count). The molecule has 0 saturated heterocycles. The molecule has 2 heterocycles. The van der Waals surface area contributed by atoms with Gasteiger partial charge in [-0.1, -0.05) is 18.2 Å². The molecule has 0 amide bonds. The van der Waals surface area contributed by atoms with E-state index in [-0.39, 0.29) is 22.8 Å². The molecular formula is C25H30N2O7. The van der Waals surface area contributed by atoms with Crippen LogP contribution in [0.5, 0.6) is 0 Å². The summed E-state index contributed by atoms with van der Waals surface area (Å²) in [6, 6.07) is 7.10. The van der Waals surface area contributed by atoms with Crippen molar-refractivity contribution in [2.45, 2.75) is 52.7 Å². The second-order valence-electron chi connectivity index (χ2n) is 9.78. The Morgan fingerprint density at radius 2 is 1.50 bits per heavy atom. The van der Waals surface area contributed by atoms with Gasteiger partial charge in [-0.25, -0.2) is 14.4 Å². The van der Waals surface area contributed by atoms with Gasteiger partial charge >= 0.3 is 18.0 Å². The Labute approximate surface area is 198 Å². The molecule has 0 bridgehead atoms. The summed E-state index contributed by atoms with van der Waals surface area (Å²) in [6.45, 7) is 10.9. The highest BCUT2D eigenvalue weighted by Gasteiger charge is 2.35. The maximum absolute atomic E-state index is 12.9. The third-order valence-electron chi connectivity index (χ3n) is 4.72. The summed E-state index contributed by atoms with van der Waals surface area (Å²) in [5.74, 6) is -1.42. The Morgan fingerprint density at radius 1 is 0.912 bits per heavy atom. The van der Waals surface area contributed by atoms with Gasteiger partial charge in [0.25, 0.3) is 0 Å². The average molecular weight is 471 g/mol. The lowest BCUT2D eigenvalue weighted by molar-refractivity contribution is 0.0542. The molecule has 0 aliphatic carbocycles. The SMILES string of the molecule is COC(=O)c1c(NC(C)(C)C)oc(-c2cn(C(=O)OC(C)(C)C)c3ccccc23)c1C(=O)OC. The number of nitrogens with zero attached hydrogens (tertiary/aromatic N) is 1. The summed E-state index contributed by atoms with van der Waals surface area (Å²) in [5, 5.41) is 3.73. The van der Waals surface area contributed by atoms with Crippen LogP contribution in [-0.4, -0.2) is 48.0 Å². The molecule has 9 heteroatoms. The first-order valence-corrected chi connectivity index (χ1v) is 10.7. The van der Waals surface area contributed by atoms with Crippen molar-refractivity contribution in [1.29, 1.82) is 0 Å². The Morgan fingerprint density at radius 3 is 2.06 bits per heavy atom. The Balaban J connectivity index is 2.35. The molecule has 3 aromatic rings. The molecule has 2 aromatic heterocycles. The fraction of sp³-hybridized carbons (Fsp3) is 0.400. The number of nitrogens with one attached hydrogen (secondary N) is 1. The van der Waals surface area contributed by atoms with Crippen LogP contribution in [0.1, 0.15) is 62.3 Å². The van der Waals surface area contributed by atoms with Crippen LogP contribution in [-0.2, 0) is 14.2 Å². The van der Waals surface area contributed by atoms with E-state index in [1.807, 2.05) is 20.8 Å². The van der Waals surface area contributed by atoms with Gasteiger partial charge in [0.05, 0.1) is 19.7 Å². The third kappa shape index (κ3) is 4.93. The van der Waals surface area contributed by atoms with Crippen molar-refractivity contribution in [1.82, 2.24) is 4.57 Å². The topological polar surface area (TPSA) is 109 Å². The fourth-order valence-corrected chi connectivity index (χ4v) is 3.47. The minimum absolute atomic E-state index is 0.0591. The lowest BCUT2D eigenvalue weighted by atomic mass is 10.0. The number of benzene rings is 1. The average Bonchev–Trinajstić information content (AvgIpc) is 3.28. The number of fused-ring (bicyclic) bond motifs is 1. The van der Waals surface area contributed by atoms with E-state index >= 15 is 0 Å². The van der Waals surface area contributed by atoms with Gasteiger partial charge in [-0.2, -0.15) is 0 Å². The molecule has 0 saturated carbocycles. The number of carbonyl (C=O) groups excluding carboxylic acids is 3. The molecule has 0 radical (unpaired) electrons.